The van der Waals surface area contributed by atoms with E-state index in [0.717, 1.165) is 12.0 Å². The zero-order valence-corrected chi connectivity index (χ0v) is 10.6. The van der Waals surface area contributed by atoms with Crippen LogP contribution in [0.1, 0.15) is 41.3 Å². The highest BCUT2D eigenvalue weighted by Crippen LogP contribution is 2.23. The Morgan fingerprint density at radius 1 is 1.44 bits per heavy atom. The quantitative estimate of drug-likeness (QED) is 0.887. The van der Waals surface area contributed by atoms with Gasteiger partial charge in [0.15, 0.2) is 0 Å². The minimum atomic E-state index is -0.967. The second kappa shape index (κ2) is 4.80. The van der Waals surface area contributed by atoms with Gasteiger partial charge in [-0.2, -0.15) is 0 Å². The Hall–Kier alpha value is -1.84. The summed E-state index contributed by atoms with van der Waals surface area (Å²) in [6.45, 7) is 4.50. The van der Waals surface area contributed by atoms with E-state index in [1.54, 1.807) is 0 Å². The molecule has 1 aliphatic heterocycles. The number of hydrogen-bond acceptors (Lipinski definition) is 2. The topological polar surface area (TPSA) is 57.6 Å². The average molecular weight is 247 g/mol. The van der Waals surface area contributed by atoms with Gasteiger partial charge in [0.05, 0.1) is 0 Å². The Bertz CT molecular complexity index is 494. The van der Waals surface area contributed by atoms with Gasteiger partial charge in [0.1, 0.15) is 6.54 Å². The summed E-state index contributed by atoms with van der Waals surface area (Å²) in [5.41, 5.74) is 2.90. The summed E-state index contributed by atoms with van der Waals surface area (Å²) in [5, 5.41) is 8.75. The van der Waals surface area contributed by atoms with E-state index in [9.17, 15) is 9.59 Å². The van der Waals surface area contributed by atoms with Gasteiger partial charge in [-0.25, -0.2) is 0 Å². The molecule has 2 rings (SSSR count). The first kappa shape index (κ1) is 12.6. The molecule has 0 aliphatic carbocycles. The van der Waals surface area contributed by atoms with E-state index in [1.807, 2.05) is 12.1 Å². The molecule has 0 saturated heterocycles. The van der Waals surface area contributed by atoms with Gasteiger partial charge in [-0.05, 0) is 29.5 Å². The number of fused-ring (bicyclic) bond motifs is 1. The van der Waals surface area contributed by atoms with Crippen molar-refractivity contribution in [3.63, 3.8) is 0 Å². The normalized spacial score (nSPS) is 14.8. The van der Waals surface area contributed by atoms with Crippen molar-refractivity contribution in [2.45, 2.75) is 26.2 Å². The van der Waals surface area contributed by atoms with Gasteiger partial charge in [-0.3, -0.25) is 9.59 Å². The lowest BCUT2D eigenvalue weighted by atomic mass is 9.93. The van der Waals surface area contributed by atoms with Gasteiger partial charge in [-0.15, -0.1) is 0 Å². The summed E-state index contributed by atoms with van der Waals surface area (Å²) in [7, 11) is 0. The van der Waals surface area contributed by atoms with Crippen molar-refractivity contribution < 1.29 is 14.7 Å². The molecule has 0 bridgehead atoms. The smallest absolute Gasteiger partial charge is 0.323 e. The number of carbonyl (C=O) groups excluding carboxylic acids is 1. The zero-order chi connectivity index (χ0) is 13.3. The van der Waals surface area contributed by atoms with E-state index < -0.39 is 5.97 Å². The molecule has 1 N–H and O–H groups in total. The van der Waals surface area contributed by atoms with Crippen LogP contribution in [-0.2, 0) is 11.2 Å². The Morgan fingerprint density at radius 3 is 2.78 bits per heavy atom. The largest absolute Gasteiger partial charge is 0.480 e. The fourth-order valence-corrected chi connectivity index (χ4v) is 2.23. The minimum Gasteiger partial charge on any atom is -0.480 e. The van der Waals surface area contributed by atoms with Crippen LogP contribution in [0.4, 0.5) is 0 Å². The Labute approximate surface area is 106 Å². The molecule has 0 unspecified atom stereocenters. The number of nitrogens with zero attached hydrogens (tertiary/aromatic N) is 1. The molecule has 1 aromatic rings. The molecule has 0 atom stereocenters. The van der Waals surface area contributed by atoms with Crippen molar-refractivity contribution in [3.05, 3.63) is 34.9 Å². The molecule has 1 aliphatic rings. The van der Waals surface area contributed by atoms with Crippen LogP contribution in [0.15, 0.2) is 18.2 Å². The van der Waals surface area contributed by atoms with Crippen molar-refractivity contribution in [2.75, 3.05) is 13.1 Å². The lowest BCUT2D eigenvalue weighted by Gasteiger charge is -2.27. The van der Waals surface area contributed by atoms with Crippen LogP contribution in [0.3, 0.4) is 0 Å². The molecule has 1 aromatic carbocycles. The maximum Gasteiger partial charge on any atom is 0.323 e. The lowest BCUT2D eigenvalue weighted by molar-refractivity contribution is -0.137. The Balaban J connectivity index is 2.28. The van der Waals surface area contributed by atoms with Crippen molar-refractivity contribution in [3.8, 4) is 0 Å². The van der Waals surface area contributed by atoms with Gasteiger partial charge >= 0.3 is 5.97 Å². The second-order valence-electron chi connectivity index (χ2n) is 4.94. The van der Waals surface area contributed by atoms with Crippen LogP contribution >= 0.6 is 0 Å². The van der Waals surface area contributed by atoms with E-state index >= 15 is 0 Å². The van der Waals surface area contributed by atoms with E-state index in [-0.39, 0.29) is 12.5 Å². The van der Waals surface area contributed by atoms with Crippen molar-refractivity contribution in [2.24, 2.45) is 0 Å². The molecule has 4 heteroatoms. The van der Waals surface area contributed by atoms with E-state index in [0.29, 0.717) is 18.0 Å². The third kappa shape index (κ3) is 2.37. The molecule has 0 radical (unpaired) electrons. The lowest BCUT2D eigenvalue weighted by Crippen LogP contribution is -2.40. The SMILES string of the molecule is CC(C)c1ccc2c(c1)CCN(CC(=O)O)C2=O. The fraction of sp³-hybridized carbons (Fsp3) is 0.429. The summed E-state index contributed by atoms with van der Waals surface area (Å²) in [6, 6.07) is 5.84. The standard InChI is InChI=1S/C14H17NO3/c1-9(2)10-3-4-12-11(7-10)5-6-15(14(12)18)8-13(16)17/h3-4,7,9H,5-6,8H2,1-2H3,(H,16,17). The van der Waals surface area contributed by atoms with Crippen molar-refractivity contribution in [1.82, 2.24) is 4.90 Å². The number of benzene rings is 1. The fourth-order valence-electron chi connectivity index (χ4n) is 2.23. The maximum absolute atomic E-state index is 12.1. The monoisotopic (exact) mass is 247 g/mol. The number of rotatable bonds is 3. The summed E-state index contributed by atoms with van der Waals surface area (Å²) in [5.74, 6) is -0.706. The zero-order valence-electron chi connectivity index (χ0n) is 10.6. The molecule has 0 saturated carbocycles. The highest BCUT2D eigenvalue weighted by atomic mass is 16.4. The highest BCUT2D eigenvalue weighted by Gasteiger charge is 2.25. The molecule has 4 nitrogen and oxygen atoms in total. The predicted octanol–water partition coefficient (Wildman–Crippen LogP) is 1.89. The van der Waals surface area contributed by atoms with Crippen LogP contribution in [0.5, 0.6) is 0 Å². The van der Waals surface area contributed by atoms with E-state index in [2.05, 4.69) is 19.9 Å². The van der Waals surface area contributed by atoms with Crippen molar-refractivity contribution >= 4 is 11.9 Å². The molecule has 0 fully saturated rings. The van der Waals surface area contributed by atoms with Gasteiger partial charge < -0.3 is 10.0 Å². The first-order valence-corrected chi connectivity index (χ1v) is 6.13. The average Bonchev–Trinajstić information content (AvgIpc) is 2.32. The second-order valence-corrected chi connectivity index (χ2v) is 4.94. The summed E-state index contributed by atoms with van der Waals surface area (Å²) in [6.07, 6.45) is 0.731. The van der Waals surface area contributed by atoms with Crippen LogP contribution < -0.4 is 0 Å². The van der Waals surface area contributed by atoms with Crippen LogP contribution in [0.25, 0.3) is 0 Å². The molecular weight excluding hydrogens is 230 g/mol. The summed E-state index contributed by atoms with van der Waals surface area (Å²) >= 11 is 0. The maximum atomic E-state index is 12.1. The van der Waals surface area contributed by atoms with Crippen LogP contribution in [0.2, 0.25) is 0 Å². The summed E-state index contributed by atoms with van der Waals surface area (Å²) in [4.78, 5) is 24.2. The number of carbonyl (C=O) groups is 2. The van der Waals surface area contributed by atoms with Gasteiger partial charge in [0, 0.05) is 12.1 Å². The number of hydrogen-bond donors (Lipinski definition) is 1. The molecule has 96 valence electrons. The van der Waals surface area contributed by atoms with Gasteiger partial charge in [0.2, 0.25) is 0 Å². The number of aliphatic carboxylic acids is 1. The third-order valence-corrected chi connectivity index (χ3v) is 3.29. The highest BCUT2D eigenvalue weighted by molar-refractivity contribution is 5.98. The van der Waals surface area contributed by atoms with E-state index in [4.69, 9.17) is 5.11 Å². The first-order valence-electron chi connectivity index (χ1n) is 6.13. The van der Waals surface area contributed by atoms with Crippen LogP contribution in [-0.4, -0.2) is 35.0 Å². The molecule has 1 heterocycles. The van der Waals surface area contributed by atoms with Gasteiger partial charge in [-0.1, -0.05) is 26.0 Å². The molecule has 0 spiro atoms. The minimum absolute atomic E-state index is 0.172. The first-order chi connectivity index (χ1) is 8.49. The Morgan fingerprint density at radius 2 is 2.17 bits per heavy atom. The Kier molecular flexibility index (Phi) is 3.36. The van der Waals surface area contributed by atoms with Gasteiger partial charge in [0.25, 0.3) is 5.91 Å². The van der Waals surface area contributed by atoms with Crippen LogP contribution in [0, 0.1) is 0 Å². The molecule has 1 amide bonds. The number of amides is 1. The van der Waals surface area contributed by atoms with E-state index in [1.165, 1.54) is 10.5 Å². The molecule has 18 heavy (non-hydrogen) atoms. The third-order valence-electron chi connectivity index (χ3n) is 3.29. The molecular formula is C14H17NO3. The predicted molar refractivity (Wildman–Crippen MR) is 67.8 cm³/mol. The summed E-state index contributed by atoms with van der Waals surface area (Å²) < 4.78 is 0. The van der Waals surface area contributed by atoms with Crippen molar-refractivity contribution in [1.29, 1.82) is 0 Å². The number of carboxylic acid groups (broad SMARTS) is 1. The number of carboxylic acids is 1. The molecule has 0 aromatic heterocycles.